The van der Waals surface area contributed by atoms with E-state index >= 15 is 0 Å². The number of rotatable bonds is 5. The van der Waals surface area contributed by atoms with Crippen molar-refractivity contribution >= 4 is 23.6 Å². The fourth-order valence-electron chi connectivity index (χ4n) is 2.13. The molecule has 23 heavy (non-hydrogen) atoms. The van der Waals surface area contributed by atoms with Crippen molar-refractivity contribution in [3.05, 3.63) is 66.2 Å². The third-order valence-corrected chi connectivity index (χ3v) is 4.15. The normalized spacial score (nSPS) is 10.5. The number of hydrogen-bond acceptors (Lipinski definition) is 4. The van der Waals surface area contributed by atoms with Gasteiger partial charge in [-0.15, -0.1) is 10.2 Å². The van der Waals surface area contributed by atoms with Gasteiger partial charge < -0.3 is 0 Å². The summed E-state index contributed by atoms with van der Waals surface area (Å²) in [7, 11) is 0. The van der Waals surface area contributed by atoms with Crippen LogP contribution in [0.4, 0.5) is 5.95 Å². The highest BCUT2D eigenvalue weighted by molar-refractivity contribution is 7.98. The van der Waals surface area contributed by atoms with E-state index in [2.05, 4.69) is 27.6 Å². The maximum Gasteiger partial charge on any atom is 0.236 e. The second kappa shape index (κ2) is 7.11. The molecule has 2 aromatic carbocycles. The van der Waals surface area contributed by atoms with E-state index in [1.807, 2.05) is 53.1 Å². The molecule has 0 unspecified atom stereocenters. The fraction of sp³-hybridized carbons (Fsp3) is 0.118. The van der Waals surface area contributed by atoms with Crippen LogP contribution < -0.4 is 5.32 Å². The summed E-state index contributed by atoms with van der Waals surface area (Å²) in [5.41, 5.74) is 2.12. The molecule has 5 nitrogen and oxygen atoms in total. The van der Waals surface area contributed by atoms with Crippen LogP contribution in [-0.2, 0) is 10.5 Å². The first-order valence-corrected chi connectivity index (χ1v) is 8.18. The SMILES string of the molecule is CC(=O)Nc1nnc(SCc2ccccc2)n1-c1ccccc1. The average Bonchev–Trinajstić information content (AvgIpc) is 2.96. The van der Waals surface area contributed by atoms with Crippen LogP contribution in [0.5, 0.6) is 0 Å². The van der Waals surface area contributed by atoms with Gasteiger partial charge in [-0.2, -0.15) is 0 Å². The minimum atomic E-state index is -0.172. The third-order valence-electron chi connectivity index (χ3n) is 3.15. The number of nitrogens with zero attached hydrogens (tertiary/aromatic N) is 3. The van der Waals surface area contributed by atoms with Crippen LogP contribution in [0, 0.1) is 0 Å². The van der Waals surface area contributed by atoms with Gasteiger partial charge in [0.05, 0.1) is 5.69 Å². The highest BCUT2D eigenvalue weighted by atomic mass is 32.2. The molecule has 6 heteroatoms. The fourth-order valence-corrected chi connectivity index (χ4v) is 3.04. The van der Waals surface area contributed by atoms with E-state index in [1.54, 1.807) is 11.8 Å². The van der Waals surface area contributed by atoms with Crippen LogP contribution >= 0.6 is 11.8 Å². The predicted molar refractivity (Wildman–Crippen MR) is 91.7 cm³/mol. The molecule has 0 saturated carbocycles. The van der Waals surface area contributed by atoms with E-state index in [1.165, 1.54) is 12.5 Å². The van der Waals surface area contributed by atoms with Crippen LogP contribution in [-0.4, -0.2) is 20.7 Å². The van der Waals surface area contributed by atoms with Gasteiger partial charge in [-0.3, -0.25) is 14.7 Å². The van der Waals surface area contributed by atoms with Gasteiger partial charge in [0.15, 0.2) is 5.16 Å². The van der Waals surface area contributed by atoms with Crippen molar-refractivity contribution in [1.82, 2.24) is 14.8 Å². The zero-order valence-corrected chi connectivity index (χ0v) is 13.5. The van der Waals surface area contributed by atoms with Crippen molar-refractivity contribution in [1.29, 1.82) is 0 Å². The lowest BCUT2D eigenvalue weighted by Crippen LogP contribution is -2.11. The summed E-state index contributed by atoms with van der Waals surface area (Å²) in [5, 5.41) is 11.8. The lowest BCUT2D eigenvalue weighted by Gasteiger charge is -2.10. The average molecular weight is 324 g/mol. The minimum Gasteiger partial charge on any atom is -0.295 e. The molecule has 0 atom stereocenters. The second-order valence-corrected chi connectivity index (χ2v) is 5.88. The molecule has 1 N–H and O–H groups in total. The monoisotopic (exact) mass is 324 g/mol. The number of amides is 1. The number of para-hydroxylation sites is 1. The topological polar surface area (TPSA) is 59.8 Å². The van der Waals surface area contributed by atoms with Crippen molar-refractivity contribution in [2.45, 2.75) is 17.8 Å². The molecular weight excluding hydrogens is 308 g/mol. The van der Waals surface area contributed by atoms with Gasteiger partial charge in [-0.25, -0.2) is 0 Å². The molecule has 0 bridgehead atoms. The number of thioether (sulfide) groups is 1. The first-order valence-electron chi connectivity index (χ1n) is 7.19. The number of carbonyl (C=O) groups excluding carboxylic acids is 1. The van der Waals surface area contributed by atoms with Crippen LogP contribution in [0.1, 0.15) is 12.5 Å². The Kier molecular flexibility index (Phi) is 4.73. The molecule has 0 saturated heterocycles. The van der Waals surface area contributed by atoms with Crippen molar-refractivity contribution < 1.29 is 4.79 Å². The molecule has 1 amide bonds. The largest absolute Gasteiger partial charge is 0.295 e. The molecule has 116 valence electrons. The Labute approximate surface area is 138 Å². The van der Waals surface area contributed by atoms with Crippen LogP contribution in [0.3, 0.4) is 0 Å². The summed E-state index contributed by atoms with van der Waals surface area (Å²) >= 11 is 1.58. The van der Waals surface area contributed by atoms with Gasteiger partial charge in [-0.1, -0.05) is 60.3 Å². The van der Waals surface area contributed by atoms with E-state index in [0.717, 1.165) is 16.6 Å². The van der Waals surface area contributed by atoms with Gasteiger partial charge >= 0.3 is 0 Å². The lowest BCUT2D eigenvalue weighted by atomic mass is 10.2. The van der Waals surface area contributed by atoms with E-state index in [0.29, 0.717) is 5.95 Å². The van der Waals surface area contributed by atoms with Crippen molar-refractivity contribution in [3.63, 3.8) is 0 Å². The summed E-state index contributed by atoms with van der Waals surface area (Å²) in [6, 6.07) is 19.9. The van der Waals surface area contributed by atoms with Gasteiger partial charge in [0, 0.05) is 12.7 Å². The predicted octanol–water partition coefficient (Wildman–Crippen LogP) is 3.52. The van der Waals surface area contributed by atoms with Crippen LogP contribution in [0.15, 0.2) is 65.8 Å². The molecular formula is C17H16N4OS. The zero-order valence-electron chi connectivity index (χ0n) is 12.6. The Hall–Kier alpha value is -2.60. The molecule has 0 aliphatic rings. The first-order chi connectivity index (χ1) is 11.2. The van der Waals surface area contributed by atoms with Gasteiger partial charge in [0.25, 0.3) is 0 Å². The molecule has 1 aromatic heterocycles. The molecule has 0 fully saturated rings. The minimum absolute atomic E-state index is 0.172. The van der Waals surface area contributed by atoms with E-state index < -0.39 is 0 Å². The molecule has 0 spiro atoms. The summed E-state index contributed by atoms with van der Waals surface area (Å²) < 4.78 is 1.86. The lowest BCUT2D eigenvalue weighted by molar-refractivity contribution is -0.114. The molecule has 0 radical (unpaired) electrons. The molecule has 3 aromatic rings. The van der Waals surface area contributed by atoms with Gasteiger partial charge in [0.1, 0.15) is 0 Å². The standard InChI is InChI=1S/C17H16N4OS/c1-13(22)18-16-19-20-17(21(16)15-10-6-3-7-11-15)23-12-14-8-4-2-5-9-14/h2-11H,12H2,1H3,(H,18,19,22). The maximum absolute atomic E-state index is 11.4. The highest BCUT2D eigenvalue weighted by Crippen LogP contribution is 2.27. The smallest absolute Gasteiger partial charge is 0.236 e. The van der Waals surface area contributed by atoms with Gasteiger partial charge in [0.2, 0.25) is 11.9 Å². The Bertz CT molecular complexity index is 787. The summed E-state index contributed by atoms with van der Waals surface area (Å²) in [6.07, 6.45) is 0. The number of nitrogens with one attached hydrogen (secondary N) is 1. The van der Waals surface area contributed by atoms with E-state index in [-0.39, 0.29) is 5.91 Å². The number of carbonyl (C=O) groups is 1. The van der Waals surface area contributed by atoms with Crippen LogP contribution in [0.25, 0.3) is 5.69 Å². The summed E-state index contributed by atoms with van der Waals surface area (Å²) in [4.78, 5) is 11.4. The molecule has 3 rings (SSSR count). The third kappa shape index (κ3) is 3.78. The number of benzene rings is 2. The van der Waals surface area contributed by atoms with Crippen molar-refractivity contribution in [2.24, 2.45) is 0 Å². The zero-order chi connectivity index (χ0) is 16.1. The molecule has 0 aliphatic carbocycles. The van der Waals surface area contributed by atoms with E-state index in [9.17, 15) is 4.79 Å². The Morgan fingerprint density at radius 1 is 1.04 bits per heavy atom. The maximum atomic E-state index is 11.4. The van der Waals surface area contributed by atoms with Gasteiger partial charge in [-0.05, 0) is 17.7 Å². The Balaban J connectivity index is 1.90. The summed E-state index contributed by atoms with van der Waals surface area (Å²) in [6.45, 7) is 1.46. The van der Waals surface area contributed by atoms with Crippen molar-refractivity contribution in [3.8, 4) is 5.69 Å². The summed E-state index contributed by atoms with van der Waals surface area (Å²) in [5.74, 6) is 1.04. The Morgan fingerprint density at radius 2 is 1.70 bits per heavy atom. The second-order valence-electron chi connectivity index (χ2n) is 4.93. The number of hydrogen-bond donors (Lipinski definition) is 1. The molecule has 0 aliphatic heterocycles. The van der Waals surface area contributed by atoms with E-state index in [4.69, 9.17) is 0 Å². The molecule has 1 heterocycles. The van der Waals surface area contributed by atoms with Crippen LogP contribution in [0.2, 0.25) is 0 Å². The van der Waals surface area contributed by atoms with Crippen molar-refractivity contribution in [2.75, 3.05) is 5.32 Å². The highest BCUT2D eigenvalue weighted by Gasteiger charge is 2.15. The quantitative estimate of drug-likeness (QED) is 0.730. The number of aromatic nitrogens is 3. The first kappa shape index (κ1) is 15.3. The number of anilines is 1. The Morgan fingerprint density at radius 3 is 2.35 bits per heavy atom.